The molecule has 2 aromatic rings. The number of hydrogen-bond donors (Lipinski definition) is 1. The van der Waals surface area contributed by atoms with Crippen LogP contribution in [0.1, 0.15) is 19.0 Å². The van der Waals surface area contributed by atoms with E-state index in [2.05, 4.69) is 10.3 Å². The van der Waals surface area contributed by atoms with E-state index in [0.717, 1.165) is 11.0 Å². The second kappa shape index (κ2) is 8.14. The molecule has 24 heavy (non-hydrogen) atoms. The molecule has 0 aliphatic carbocycles. The van der Waals surface area contributed by atoms with E-state index in [-0.39, 0.29) is 31.1 Å². The van der Waals surface area contributed by atoms with Gasteiger partial charge in [-0.3, -0.25) is 14.6 Å². The van der Waals surface area contributed by atoms with Crippen LogP contribution in [0.3, 0.4) is 0 Å². The molecule has 1 aromatic heterocycles. The Hall–Kier alpha value is -2.83. The predicted molar refractivity (Wildman–Crippen MR) is 85.1 cm³/mol. The number of carbonyl (C=O) groups excluding carboxylic acids is 2. The SMILES string of the molecule is CC(=O)N(CCC(=O)NCc1ccccn1)c1ccc(F)cc1F. The highest BCUT2D eigenvalue weighted by Crippen LogP contribution is 2.20. The maximum Gasteiger partial charge on any atom is 0.223 e. The van der Waals surface area contributed by atoms with Crippen LogP contribution in [0.25, 0.3) is 0 Å². The third kappa shape index (κ3) is 4.84. The normalized spacial score (nSPS) is 10.3. The molecule has 0 radical (unpaired) electrons. The van der Waals surface area contributed by atoms with Crippen LogP contribution in [0, 0.1) is 11.6 Å². The molecule has 0 atom stereocenters. The van der Waals surface area contributed by atoms with Gasteiger partial charge < -0.3 is 10.2 Å². The molecule has 1 N–H and O–H groups in total. The largest absolute Gasteiger partial charge is 0.350 e. The molecule has 0 fully saturated rings. The van der Waals surface area contributed by atoms with Gasteiger partial charge in [-0.15, -0.1) is 0 Å². The zero-order chi connectivity index (χ0) is 17.5. The number of halogens is 2. The van der Waals surface area contributed by atoms with Crippen LogP contribution in [-0.2, 0) is 16.1 Å². The fraction of sp³-hybridized carbons (Fsp3) is 0.235. The maximum atomic E-state index is 13.8. The lowest BCUT2D eigenvalue weighted by molar-refractivity contribution is -0.121. The highest BCUT2D eigenvalue weighted by Gasteiger charge is 2.17. The highest BCUT2D eigenvalue weighted by molar-refractivity contribution is 5.92. The van der Waals surface area contributed by atoms with Crippen molar-refractivity contribution < 1.29 is 18.4 Å². The van der Waals surface area contributed by atoms with Crippen molar-refractivity contribution in [1.82, 2.24) is 10.3 Å². The molecular weight excluding hydrogens is 316 g/mol. The fourth-order valence-corrected chi connectivity index (χ4v) is 2.14. The topological polar surface area (TPSA) is 62.3 Å². The van der Waals surface area contributed by atoms with E-state index in [1.54, 1.807) is 18.3 Å². The van der Waals surface area contributed by atoms with Crippen LogP contribution < -0.4 is 10.2 Å². The van der Waals surface area contributed by atoms with Gasteiger partial charge in [-0.25, -0.2) is 8.78 Å². The minimum atomic E-state index is -0.848. The van der Waals surface area contributed by atoms with Crippen molar-refractivity contribution in [3.63, 3.8) is 0 Å². The first-order valence-corrected chi connectivity index (χ1v) is 7.37. The summed E-state index contributed by atoms with van der Waals surface area (Å²) in [5.41, 5.74) is 0.653. The maximum absolute atomic E-state index is 13.8. The van der Waals surface area contributed by atoms with Crippen molar-refractivity contribution in [3.8, 4) is 0 Å². The summed E-state index contributed by atoms with van der Waals surface area (Å²) in [4.78, 5) is 28.8. The van der Waals surface area contributed by atoms with Crippen LogP contribution in [-0.4, -0.2) is 23.3 Å². The van der Waals surface area contributed by atoms with Crippen LogP contribution in [0.4, 0.5) is 14.5 Å². The predicted octanol–water partition coefficient (Wildman–Crippen LogP) is 2.42. The number of rotatable bonds is 6. The number of hydrogen-bond acceptors (Lipinski definition) is 3. The van der Waals surface area contributed by atoms with Crippen molar-refractivity contribution in [3.05, 3.63) is 59.9 Å². The van der Waals surface area contributed by atoms with E-state index < -0.39 is 17.5 Å². The van der Waals surface area contributed by atoms with Crippen LogP contribution in [0.5, 0.6) is 0 Å². The van der Waals surface area contributed by atoms with Crippen molar-refractivity contribution in [2.75, 3.05) is 11.4 Å². The van der Waals surface area contributed by atoms with Crippen molar-refractivity contribution in [1.29, 1.82) is 0 Å². The van der Waals surface area contributed by atoms with Crippen molar-refractivity contribution >= 4 is 17.5 Å². The van der Waals surface area contributed by atoms with Gasteiger partial charge in [-0.05, 0) is 24.3 Å². The molecule has 7 heteroatoms. The summed E-state index contributed by atoms with van der Waals surface area (Å²) in [5.74, 6) is -2.31. The van der Waals surface area contributed by atoms with Crippen molar-refractivity contribution in [2.45, 2.75) is 19.9 Å². The van der Waals surface area contributed by atoms with E-state index in [0.29, 0.717) is 11.8 Å². The molecule has 0 aliphatic rings. The molecule has 0 saturated heterocycles. The van der Waals surface area contributed by atoms with E-state index in [1.807, 2.05) is 6.07 Å². The molecule has 0 bridgehead atoms. The first kappa shape index (κ1) is 17.5. The van der Waals surface area contributed by atoms with Gasteiger partial charge in [0.25, 0.3) is 0 Å². The van der Waals surface area contributed by atoms with E-state index >= 15 is 0 Å². The molecule has 1 heterocycles. The lowest BCUT2D eigenvalue weighted by atomic mass is 10.2. The van der Waals surface area contributed by atoms with Gasteiger partial charge in [0.05, 0.1) is 17.9 Å². The Kier molecular flexibility index (Phi) is 5.95. The Morgan fingerprint density at radius 2 is 2.00 bits per heavy atom. The van der Waals surface area contributed by atoms with Gasteiger partial charge in [-0.1, -0.05) is 6.07 Å². The molecule has 2 amide bonds. The highest BCUT2D eigenvalue weighted by atomic mass is 19.1. The summed E-state index contributed by atoms with van der Waals surface area (Å²) in [5, 5.41) is 2.68. The van der Waals surface area contributed by atoms with Gasteiger partial charge >= 0.3 is 0 Å². The molecule has 0 aliphatic heterocycles. The first-order chi connectivity index (χ1) is 11.5. The zero-order valence-corrected chi connectivity index (χ0v) is 13.1. The summed E-state index contributed by atoms with van der Waals surface area (Å²) in [6, 6.07) is 8.30. The third-order valence-corrected chi connectivity index (χ3v) is 3.34. The molecular formula is C17H17F2N3O2. The Morgan fingerprint density at radius 3 is 2.62 bits per heavy atom. The lowest BCUT2D eigenvalue weighted by Crippen LogP contribution is -2.34. The third-order valence-electron chi connectivity index (χ3n) is 3.34. The van der Waals surface area contributed by atoms with Gasteiger partial charge in [0.1, 0.15) is 11.6 Å². The van der Waals surface area contributed by atoms with Crippen LogP contribution in [0.2, 0.25) is 0 Å². The van der Waals surface area contributed by atoms with E-state index in [1.165, 1.54) is 13.0 Å². The van der Waals surface area contributed by atoms with E-state index in [4.69, 9.17) is 0 Å². The zero-order valence-electron chi connectivity index (χ0n) is 13.1. The standard InChI is InChI=1S/C17H17F2N3O2/c1-12(23)22(16-6-5-13(18)10-15(16)19)9-7-17(24)21-11-14-4-2-3-8-20-14/h2-6,8,10H,7,9,11H2,1H3,(H,21,24). The number of nitrogens with one attached hydrogen (secondary N) is 1. The number of amides is 2. The summed E-state index contributed by atoms with van der Waals surface area (Å²) in [6.45, 7) is 1.52. The quantitative estimate of drug-likeness (QED) is 0.883. The number of anilines is 1. The monoisotopic (exact) mass is 333 g/mol. The number of benzene rings is 1. The molecule has 1 aromatic carbocycles. The van der Waals surface area contributed by atoms with Gasteiger partial charge in [0.2, 0.25) is 11.8 Å². The number of carbonyl (C=O) groups is 2. The Morgan fingerprint density at radius 1 is 1.21 bits per heavy atom. The van der Waals surface area contributed by atoms with Gasteiger partial charge in [0.15, 0.2) is 0 Å². The summed E-state index contributed by atoms with van der Waals surface area (Å²) < 4.78 is 26.8. The molecule has 0 saturated carbocycles. The van der Waals surface area contributed by atoms with Gasteiger partial charge in [-0.2, -0.15) is 0 Å². The molecule has 5 nitrogen and oxygen atoms in total. The summed E-state index contributed by atoms with van der Waals surface area (Å²) in [6.07, 6.45) is 1.61. The first-order valence-electron chi connectivity index (χ1n) is 7.37. The smallest absolute Gasteiger partial charge is 0.223 e. The Bertz CT molecular complexity index is 723. The Labute approximate surface area is 138 Å². The van der Waals surface area contributed by atoms with Crippen LogP contribution >= 0.6 is 0 Å². The summed E-state index contributed by atoms with van der Waals surface area (Å²) in [7, 11) is 0. The molecule has 0 unspecified atom stereocenters. The number of nitrogens with zero attached hydrogens (tertiary/aromatic N) is 2. The average Bonchev–Trinajstić information content (AvgIpc) is 2.55. The average molecular weight is 333 g/mol. The minimum Gasteiger partial charge on any atom is -0.350 e. The minimum absolute atomic E-state index is 0.00800. The second-order valence-electron chi connectivity index (χ2n) is 5.11. The molecule has 2 rings (SSSR count). The number of pyridine rings is 1. The molecule has 0 spiro atoms. The van der Waals surface area contributed by atoms with E-state index in [9.17, 15) is 18.4 Å². The molecule has 126 valence electrons. The van der Waals surface area contributed by atoms with Crippen LogP contribution in [0.15, 0.2) is 42.6 Å². The summed E-state index contributed by atoms with van der Waals surface area (Å²) >= 11 is 0. The second-order valence-corrected chi connectivity index (χ2v) is 5.11. The van der Waals surface area contributed by atoms with Crippen molar-refractivity contribution in [2.24, 2.45) is 0 Å². The lowest BCUT2D eigenvalue weighted by Gasteiger charge is -2.21. The number of aromatic nitrogens is 1. The van der Waals surface area contributed by atoms with Gasteiger partial charge in [0, 0.05) is 32.2 Å². The fourth-order valence-electron chi connectivity index (χ4n) is 2.14. The Balaban J connectivity index is 1.94.